The van der Waals surface area contributed by atoms with E-state index in [2.05, 4.69) is 5.32 Å². The molecular formula is C30H29F4N3O6S. The number of rotatable bonds is 8. The summed E-state index contributed by atoms with van der Waals surface area (Å²) in [6, 6.07) is 13.4. The highest BCUT2D eigenvalue weighted by Gasteiger charge is 2.38. The number of carbonyl (C=O) groups excluding carboxylic acids is 2. The minimum atomic E-state index is -4.65. The SMILES string of the molecule is O=C(COC(=O)C[C@@H]1c2ccccc2CCN1S(=O)(=O)c1ccc(F)cc1)Nc1cc(C(F)(F)F)ccc1N1CCOCC1. The second-order valence-corrected chi connectivity index (χ2v) is 12.2. The van der Waals surface area contributed by atoms with Crippen LogP contribution in [0.5, 0.6) is 0 Å². The Morgan fingerprint density at radius 1 is 0.977 bits per heavy atom. The molecule has 3 aromatic carbocycles. The zero-order valence-electron chi connectivity index (χ0n) is 23.3. The van der Waals surface area contributed by atoms with E-state index >= 15 is 0 Å². The van der Waals surface area contributed by atoms with Crippen LogP contribution in [0.25, 0.3) is 0 Å². The van der Waals surface area contributed by atoms with Gasteiger partial charge in [0, 0.05) is 19.6 Å². The number of fused-ring (bicyclic) bond motifs is 1. The molecule has 0 saturated carbocycles. The van der Waals surface area contributed by atoms with Crippen LogP contribution in [0.2, 0.25) is 0 Å². The maximum atomic E-state index is 13.5. The standard InChI is InChI=1S/C30H29F4N3O6S/c31-22-6-8-23(9-7-22)44(40,41)37-12-11-20-3-1-2-4-24(20)27(37)18-29(39)43-19-28(38)35-25-17-21(30(32,33)34)5-10-26(25)36-13-15-42-16-14-36/h1-10,17,27H,11-16,18-19H2,(H,35,38)/t27-/m1/s1. The summed E-state index contributed by atoms with van der Waals surface area (Å²) in [5.74, 6) is -2.36. The fourth-order valence-electron chi connectivity index (χ4n) is 5.31. The number of hydrogen-bond acceptors (Lipinski definition) is 7. The van der Waals surface area contributed by atoms with Crippen LogP contribution in [0, 0.1) is 5.82 Å². The highest BCUT2D eigenvalue weighted by Crippen LogP contribution is 2.37. The lowest BCUT2D eigenvalue weighted by molar-refractivity contribution is -0.148. The Morgan fingerprint density at radius 2 is 1.68 bits per heavy atom. The normalized spacial score (nSPS) is 17.5. The molecule has 0 unspecified atom stereocenters. The van der Waals surface area contributed by atoms with E-state index in [0.717, 1.165) is 46.3 Å². The largest absolute Gasteiger partial charge is 0.456 e. The Bertz CT molecular complexity index is 1630. The smallest absolute Gasteiger partial charge is 0.416 e. The van der Waals surface area contributed by atoms with Crippen LogP contribution < -0.4 is 10.2 Å². The molecule has 234 valence electrons. The lowest BCUT2D eigenvalue weighted by Gasteiger charge is -2.36. The molecule has 5 rings (SSSR count). The summed E-state index contributed by atoms with van der Waals surface area (Å²) in [4.78, 5) is 27.4. The van der Waals surface area contributed by atoms with Gasteiger partial charge in [-0.1, -0.05) is 24.3 Å². The first-order valence-electron chi connectivity index (χ1n) is 13.8. The van der Waals surface area contributed by atoms with Crippen molar-refractivity contribution >= 4 is 33.3 Å². The van der Waals surface area contributed by atoms with Crippen LogP contribution in [0.4, 0.5) is 28.9 Å². The molecule has 2 aliphatic rings. The molecule has 0 bridgehead atoms. The predicted octanol–water partition coefficient (Wildman–Crippen LogP) is 4.54. The van der Waals surface area contributed by atoms with Gasteiger partial charge in [-0.15, -0.1) is 0 Å². The van der Waals surface area contributed by atoms with Crippen LogP contribution in [0.3, 0.4) is 0 Å². The van der Waals surface area contributed by atoms with E-state index in [0.29, 0.717) is 44.0 Å². The van der Waals surface area contributed by atoms with E-state index in [9.17, 15) is 35.6 Å². The number of hydrogen-bond donors (Lipinski definition) is 1. The maximum absolute atomic E-state index is 13.5. The zero-order valence-corrected chi connectivity index (χ0v) is 24.2. The number of morpholine rings is 1. The molecule has 1 N–H and O–H groups in total. The number of ether oxygens (including phenoxy) is 2. The minimum Gasteiger partial charge on any atom is -0.456 e. The lowest BCUT2D eigenvalue weighted by Crippen LogP contribution is -2.41. The molecule has 44 heavy (non-hydrogen) atoms. The molecule has 2 heterocycles. The highest BCUT2D eigenvalue weighted by atomic mass is 32.2. The summed E-state index contributed by atoms with van der Waals surface area (Å²) in [6.07, 6.45) is -4.70. The van der Waals surface area contributed by atoms with E-state index in [-0.39, 0.29) is 17.1 Å². The molecule has 1 fully saturated rings. The molecule has 0 aromatic heterocycles. The molecule has 3 aromatic rings. The van der Waals surface area contributed by atoms with Crippen LogP contribution >= 0.6 is 0 Å². The van der Waals surface area contributed by atoms with Crippen molar-refractivity contribution in [3.8, 4) is 0 Å². The summed E-state index contributed by atoms with van der Waals surface area (Å²) >= 11 is 0. The van der Waals surface area contributed by atoms with Crippen molar-refractivity contribution in [3.63, 3.8) is 0 Å². The molecule has 1 atom stereocenters. The van der Waals surface area contributed by atoms with Gasteiger partial charge in [-0.05, 0) is 60.0 Å². The van der Waals surface area contributed by atoms with Gasteiger partial charge in [-0.25, -0.2) is 12.8 Å². The number of benzene rings is 3. The number of halogens is 4. The number of alkyl halides is 3. The van der Waals surface area contributed by atoms with Gasteiger partial charge < -0.3 is 19.7 Å². The van der Waals surface area contributed by atoms with Gasteiger partial charge in [0.2, 0.25) is 10.0 Å². The summed E-state index contributed by atoms with van der Waals surface area (Å²) in [5, 5.41) is 2.42. The van der Waals surface area contributed by atoms with E-state index in [1.54, 1.807) is 23.1 Å². The highest BCUT2D eigenvalue weighted by molar-refractivity contribution is 7.89. The van der Waals surface area contributed by atoms with Gasteiger partial charge in [0.05, 0.1) is 47.5 Å². The fraction of sp³-hybridized carbons (Fsp3) is 0.333. The average Bonchev–Trinajstić information content (AvgIpc) is 3.00. The Balaban J connectivity index is 1.31. The number of amides is 1. The van der Waals surface area contributed by atoms with Crippen molar-refractivity contribution in [3.05, 3.63) is 89.2 Å². The Hall–Kier alpha value is -4.01. The predicted molar refractivity (Wildman–Crippen MR) is 152 cm³/mol. The summed E-state index contributed by atoms with van der Waals surface area (Å²) in [5.41, 5.74) is 0.737. The minimum absolute atomic E-state index is 0.0506. The van der Waals surface area contributed by atoms with Crippen LogP contribution in [-0.2, 0) is 41.7 Å². The van der Waals surface area contributed by atoms with E-state index in [1.807, 2.05) is 6.07 Å². The van der Waals surface area contributed by atoms with Crippen molar-refractivity contribution < 1.29 is 45.0 Å². The third-order valence-corrected chi connectivity index (χ3v) is 9.38. The lowest BCUT2D eigenvalue weighted by atomic mass is 9.92. The van der Waals surface area contributed by atoms with Crippen LogP contribution in [0.1, 0.15) is 29.2 Å². The first kappa shape index (κ1) is 31.4. The molecule has 1 amide bonds. The van der Waals surface area contributed by atoms with E-state index in [4.69, 9.17) is 9.47 Å². The number of esters is 1. The quantitative estimate of drug-likeness (QED) is 0.286. The van der Waals surface area contributed by atoms with Gasteiger partial charge >= 0.3 is 12.1 Å². The second-order valence-electron chi connectivity index (χ2n) is 10.3. The summed E-state index contributed by atoms with van der Waals surface area (Å²) < 4.78 is 92.4. The first-order chi connectivity index (χ1) is 20.9. The number of nitrogens with one attached hydrogen (secondary N) is 1. The third-order valence-electron chi connectivity index (χ3n) is 7.46. The van der Waals surface area contributed by atoms with Crippen molar-refractivity contribution in [1.82, 2.24) is 4.31 Å². The van der Waals surface area contributed by atoms with Gasteiger partial charge in [0.1, 0.15) is 5.82 Å². The summed E-state index contributed by atoms with van der Waals surface area (Å²) in [7, 11) is -4.15. The summed E-state index contributed by atoms with van der Waals surface area (Å²) in [6.45, 7) is 0.785. The molecule has 2 aliphatic heterocycles. The topological polar surface area (TPSA) is 105 Å². The molecule has 9 nitrogen and oxygen atoms in total. The number of sulfonamides is 1. The molecule has 0 aliphatic carbocycles. The van der Waals surface area contributed by atoms with Gasteiger partial charge in [0.25, 0.3) is 5.91 Å². The molecule has 0 spiro atoms. The van der Waals surface area contributed by atoms with Gasteiger partial charge in [-0.3, -0.25) is 9.59 Å². The zero-order chi connectivity index (χ0) is 31.5. The Kier molecular flexibility index (Phi) is 9.23. The van der Waals surface area contributed by atoms with Crippen LogP contribution in [-0.4, -0.2) is 64.1 Å². The van der Waals surface area contributed by atoms with E-state index in [1.165, 1.54) is 6.07 Å². The second kappa shape index (κ2) is 12.9. The molecule has 0 radical (unpaired) electrons. The number of carbonyl (C=O) groups is 2. The Labute approximate surface area is 251 Å². The third kappa shape index (κ3) is 7.03. The van der Waals surface area contributed by atoms with Gasteiger partial charge in [-0.2, -0.15) is 17.5 Å². The van der Waals surface area contributed by atoms with Crippen LogP contribution in [0.15, 0.2) is 71.6 Å². The maximum Gasteiger partial charge on any atom is 0.416 e. The number of anilines is 2. The van der Waals surface area contributed by atoms with Crippen molar-refractivity contribution in [2.24, 2.45) is 0 Å². The van der Waals surface area contributed by atoms with Crippen molar-refractivity contribution in [1.29, 1.82) is 0 Å². The molecule has 14 heteroatoms. The first-order valence-corrected chi connectivity index (χ1v) is 15.2. The van der Waals surface area contributed by atoms with E-state index < -0.39 is 58.5 Å². The monoisotopic (exact) mass is 635 g/mol. The average molecular weight is 636 g/mol. The van der Waals surface area contributed by atoms with Crippen molar-refractivity contribution in [2.75, 3.05) is 49.7 Å². The molecular weight excluding hydrogens is 606 g/mol. The number of nitrogens with zero attached hydrogens (tertiary/aromatic N) is 2. The van der Waals surface area contributed by atoms with Gasteiger partial charge in [0.15, 0.2) is 6.61 Å². The Morgan fingerprint density at radius 3 is 2.39 bits per heavy atom. The van der Waals surface area contributed by atoms with Crippen molar-refractivity contribution in [2.45, 2.75) is 30.0 Å². The molecule has 1 saturated heterocycles. The fourth-order valence-corrected chi connectivity index (χ4v) is 6.92.